The van der Waals surface area contributed by atoms with Crippen molar-refractivity contribution in [1.29, 1.82) is 0 Å². The number of amides is 1. The Morgan fingerprint density at radius 2 is 2.20 bits per heavy atom. The van der Waals surface area contributed by atoms with E-state index in [2.05, 4.69) is 43.2 Å². The second-order valence-electron chi connectivity index (χ2n) is 5.23. The summed E-state index contributed by atoms with van der Waals surface area (Å²) >= 11 is 0. The van der Waals surface area contributed by atoms with Gasteiger partial charge in [-0.3, -0.25) is 4.79 Å². The van der Waals surface area contributed by atoms with Gasteiger partial charge in [0.15, 0.2) is 0 Å². The lowest BCUT2D eigenvalue weighted by Gasteiger charge is -2.37. The zero-order chi connectivity index (χ0) is 15.0. The first-order valence-corrected chi connectivity index (χ1v) is 7.55. The first kappa shape index (κ1) is 16.9. The van der Waals surface area contributed by atoms with Gasteiger partial charge in [-0.1, -0.05) is 32.1 Å². The van der Waals surface area contributed by atoms with E-state index in [1.807, 2.05) is 6.08 Å². The molecule has 4 nitrogen and oxygen atoms in total. The highest BCUT2D eigenvalue weighted by Crippen LogP contribution is 2.19. The maximum Gasteiger partial charge on any atom is 0.217 e. The van der Waals surface area contributed by atoms with E-state index < -0.39 is 0 Å². The van der Waals surface area contributed by atoms with Crippen molar-refractivity contribution >= 4 is 5.91 Å². The molecule has 1 aliphatic rings. The molecule has 0 fully saturated rings. The summed E-state index contributed by atoms with van der Waals surface area (Å²) in [5, 5.41) is 6.43. The summed E-state index contributed by atoms with van der Waals surface area (Å²) in [7, 11) is 0. The Balaban J connectivity index is 2.77. The molecule has 0 saturated carbocycles. The van der Waals surface area contributed by atoms with E-state index in [0.717, 1.165) is 25.8 Å². The Morgan fingerprint density at radius 1 is 1.50 bits per heavy atom. The minimum atomic E-state index is -0.0696. The lowest BCUT2D eigenvalue weighted by atomic mass is 9.92. The summed E-state index contributed by atoms with van der Waals surface area (Å²) in [6.07, 6.45) is 9.06. The number of nitrogens with one attached hydrogen (secondary N) is 2. The highest BCUT2D eigenvalue weighted by Gasteiger charge is 2.32. The predicted octanol–water partition coefficient (Wildman–Crippen LogP) is 2.17. The summed E-state index contributed by atoms with van der Waals surface area (Å²) in [4.78, 5) is 11.5. The zero-order valence-corrected chi connectivity index (χ0v) is 12.9. The summed E-state index contributed by atoms with van der Waals surface area (Å²) < 4.78 is 6.15. The Bertz CT molecular complexity index is 337. The smallest absolute Gasteiger partial charge is 0.217 e. The van der Waals surface area contributed by atoms with Gasteiger partial charge in [0, 0.05) is 19.5 Å². The van der Waals surface area contributed by atoms with Crippen LogP contribution < -0.4 is 10.6 Å². The maximum atomic E-state index is 11.5. The van der Waals surface area contributed by atoms with Crippen molar-refractivity contribution in [2.75, 3.05) is 6.54 Å². The molecule has 0 bridgehead atoms. The van der Waals surface area contributed by atoms with E-state index >= 15 is 0 Å². The molecule has 114 valence electrons. The van der Waals surface area contributed by atoms with E-state index in [-0.39, 0.29) is 30.2 Å². The van der Waals surface area contributed by atoms with Crippen LogP contribution in [0.25, 0.3) is 0 Å². The van der Waals surface area contributed by atoms with Crippen LogP contribution in [0.15, 0.2) is 24.8 Å². The fourth-order valence-corrected chi connectivity index (χ4v) is 2.55. The van der Waals surface area contributed by atoms with E-state index in [0.29, 0.717) is 0 Å². The van der Waals surface area contributed by atoms with Crippen LogP contribution in [0.1, 0.15) is 40.0 Å². The Hall–Kier alpha value is -1.13. The van der Waals surface area contributed by atoms with E-state index in [9.17, 15) is 4.79 Å². The number of carbonyl (C=O) groups is 1. The van der Waals surface area contributed by atoms with E-state index in [1.165, 1.54) is 0 Å². The minimum Gasteiger partial charge on any atom is -0.369 e. The third-order valence-corrected chi connectivity index (χ3v) is 3.66. The van der Waals surface area contributed by atoms with Gasteiger partial charge < -0.3 is 15.4 Å². The number of hydrogen-bond acceptors (Lipinski definition) is 3. The van der Waals surface area contributed by atoms with Crippen molar-refractivity contribution in [3.05, 3.63) is 24.8 Å². The molecule has 0 heterocycles. The summed E-state index contributed by atoms with van der Waals surface area (Å²) in [6.45, 7) is 10.3. The van der Waals surface area contributed by atoms with Crippen molar-refractivity contribution in [2.45, 2.75) is 64.3 Å². The second kappa shape index (κ2) is 8.93. The van der Waals surface area contributed by atoms with Crippen molar-refractivity contribution in [2.24, 2.45) is 0 Å². The van der Waals surface area contributed by atoms with Crippen LogP contribution >= 0.6 is 0 Å². The van der Waals surface area contributed by atoms with E-state index in [4.69, 9.17) is 4.74 Å². The molecule has 0 aromatic heterocycles. The molecule has 0 spiro atoms. The SMILES string of the molecule is C=CCN[C@H]1CC=C[C@@H](OC(CC)CC)[C@@H]1NC(C)=O. The number of carbonyl (C=O) groups excluding carboxylic acids is 1. The lowest BCUT2D eigenvalue weighted by molar-refractivity contribution is -0.121. The highest BCUT2D eigenvalue weighted by atomic mass is 16.5. The molecule has 0 aromatic rings. The number of ether oxygens (including phenoxy) is 1. The molecular weight excluding hydrogens is 252 g/mol. The van der Waals surface area contributed by atoms with Gasteiger partial charge in [0.05, 0.1) is 18.2 Å². The molecule has 20 heavy (non-hydrogen) atoms. The number of rotatable bonds is 8. The molecule has 0 unspecified atom stereocenters. The van der Waals surface area contributed by atoms with Gasteiger partial charge in [-0.05, 0) is 19.3 Å². The fourth-order valence-electron chi connectivity index (χ4n) is 2.55. The van der Waals surface area contributed by atoms with Crippen LogP contribution in [0, 0.1) is 0 Å². The predicted molar refractivity (Wildman–Crippen MR) is 82.6 cm³/mol. The highest BCUT2D eigenvalue weighted by molar-refractivity contribution is 5.73. The van der Waals surface area contributed by atoms with Gasteiger partial charge in [-0.25, -0.2) is 0 Å². The van der Waals surface area contributed by atoms with Crippen LogP contribution in [0.5, 0.6) is 0 Å². The summed E-state index contributed by atoms with van der Waals surface area (Å²) in [5.41, 5.74) is 0. The monoisotopic (exact) mass is 280 g/mol. The first-order valence-electron chi connectivity index (χ1n) is 7.55. The number of hydrogen-bond donors (Lipinski definition) is 2. The van der Waals surface area contributed by atoms with Gasteiger partial charge in [-0.15, -0.1) is 6.58 Å². The van der Waals surface area contributed by atoms with Crippen LogP contribution in [0.2, 0.25) is 0 Å². The molecule has 0 aliphatic heterocycles. The Morgan fingerprint density at radius 3 is 2.75 bits per heavy atom. The summed E-state index contributed by atoms with van der Waals surface area (Å²) in [6, 6.07) is 0.152. The molecule has 4 heteroatoms. The maximum absolute atomic E-state index is 11.5. The van der Waals surface area contributed by atoms with Crippen LogP contribution in [0.4, 0.5) is 0 Å². The molecule has 2 N–H and O–H groups in total. The quantitative estimate of drug-likeness (QED) is 0.670. The van der Waals surface area contributed by atoms with Crippen LogP contribution in [-0.2, 0) is 9.53 Å². The Kier molecular flexibility index (Phi) is 7.55. The van der Waals surface area contributed by atoms with Crippen molar-refractivity contribution < 1.29 is 9.53 Å². The Labute approximate surface area is 122 Å². The largest absolute Gasteiger partial charge is 0.369 e. The average molecular weight is 280 g/mol. The molecule has 0 radical (unpaired) electrons. The summed E-state index contributed by atoms with van der Waals surface area (Å²) in [5.74, 6) is -0.0196. The van der Waals surface area contributed by atoms with Crippen molar-refractivity contribution in [1.82, 2.24) is 10.6 Å². The van der Waals surface area contributed by atoms with Gasteiger partial charge in [0.2, 0.25) is 5.91 Å². The molecule has 0 saturated heterocycles. The minimum absolute atomic E-state index is 0.0196. The normalized spacial score (nSPS) is 25.7. The van der Waals surface area contributed by atoms with Gasteiger partial charge >= 0.3 is 0 Å². The van der Waals surface area contributed by atoms with Gasteiger partial charge in [-0.2, -0.15) is 0 Å². The molecule has 1 amide bonds. The van der Waals surface area contributed by atoms with Crippen LogP contribution in [-0.4, -0.2) is 36.7 Å². The average Bonchev–Trinajstić information content (AvgIpc) is 2.44. The van der Waals surface area contributed by atoms with Crippen molar-refractivity contribution in [3.8, 4) is 0 Å². The molecular formula is C16H28N2O2. The molecule has 1 rings (SSSR count). The van der Waals surface area contributed by atoms with Gasteiger partial charge in [0.25, 0.3) is 0 Å². The van der Waals surface area contributed by atoms with Gasteiger partial charge in [0.1, 0.15) is 0 Å². The van der Waals surface area contributed by atoms with Crippen LogP contribution in [0.3, 0.4) is 0 Å². The zero-order valence-electron chi connectivity index (χ0n) is 12.9. The standard InChI is InChI=1S/C16H28N2O2/c1-5-11-17-14-9-8-10-15(16(14)18-12(4)19)20-13(6-2)7-3/h5,8,10,13-17H,1,6-7,9,11H2,2-4H3,(H,18,19)/t14-,15+,16+/m0/s1. The lowest BCUT2D eigenvalue weighted by Crippen LogP contribution is -2.57. The molecule has 0 aromatic carbocycles. The van der Waals surface area contributed by atoms with E-state index in [1.54, 1.807) is 6.92 Å². The molecule has 3 atom stereocenters. The fraction of sp³-hybridized carbons (Fsp3) is 0.688. The second-order valence-corrected chi connectivity index (χ2v) is 5.23. The molecule has 1 aliphatic carbocycles. The third kappa shape index (κ3) is 5.10. The third-order valence-electron chi connectivity index (χ3n) is 3.66. The topological polar surface area (TPSA) is 50.4 Å². The first-order chi connectivity index (χ1) is 9.62. The van der Waals surface area contributed by atoms with Crippen molar-refractivity contribution in [3.63, 3.8) is 0 Å².